The maximum absolute atomic E-state index is 12.5. The number of aromatic nitrogens is 2. The molecule has 2 saturated heterocycles. The van der Waals surface area contributed by atoms with Crippen molar-refractivity contribution in [3.63, 3.8) is 0 Å². The van der Waals surface area contributed by atoms with E-state index in [2.05, 4.69) is 21.9 Å². The second-order valence-corrected chi connectivity index (χ2v) is 7.45. The van der Waals surface area contributed by atoms with Crippen molar-refractivity contribution in [1.82, 2.24) is 19.8 Å². The molecule has 0 N–H and O–H groups in total. The lowest BCUT2D eigenvalue weighted by atomic mass is 9.84. The minimum absolute atomic E-state index is 0.0997. The van der Waals surface area contributed by atoms with Gasteiger partial charge < -0.3 is 9.64 Å². The highest BCUT2D eigenvalue weighted by atomic mass is 16.5. The zero-order valence-corrected chi connectivity index (χ0v) is 15.0. The minimum atomic E-state index is 0.0997. The number of hydrogen-bond acceptors (Lipinski definition) is 5. The molecular weight excluding hydrogens is 328 g/mol. The van der Waals surface area contributed by atoms with Crippen molar-refractivity contribution in [3.05, 3.63) is 60.2 Å². The first-order valence-electron chi connectivity index (χ1n) is 9.03. The monoisotopic (exact) mass is 352 g/mol. The highest BCUT2D eigenvalue weighted by molar-refractivity contribution is 5.94. The number of amides is 1. The van der Waals surface area contributed by atoms with Gasteiger partial charge in [0.15, 0.2) is 0 Å². The van der Waals surface area contributed by atoms with E-state index in [9.17, 15) is 4.79 Å². The molecule has 26 heavy (non-hydrogen) atoms. The number of likely N-dealkylation sites (N-methyl/N-ethyl adjacent to an activating group) is 1. The number of ether oxygens (including phenoxy) is 1. The summed E-state index contributed by atoms with van der Waals surface area (Å²) in [5.41, 5.74) is 1.93. The van der Waals surface area contributed by atoms with E-state index in [-0.39, 0.29) is 11.4 Å². The van der Waals surface area contributed by atoms with Gasteiger partial charge in [-0.25, -0.2) is 0 Å². The molecule has 2 aliphatic heterocycles. The lowest BCUT2D eigenvalue weighted by Gasteiger charge is -2.52. The van der Waals surface area contributed by atoms with Gasteiger partial charge in [-0.1, -0.05) is 6.07 Å². The van der Waals surface area contributed by atoms with Crippen molar-refractivity contribution < 1.29 is 9.53 Å². The van der Waals surface area contributed by atoms with E-state index in [1.165, 1.54) is 0 Å². The highest BCUT2D eigenvalue weighted by Gasteiger charge is 2.53. The van der Waals surface area contributed by atoms with Crippen LogP contribution in [0, 0.1) is 5.92 Å². The van der Waals surface area contributed by atoms with Crippen LogP contribution >= 0.6 is 0 Å². The normalized spacial score (nSPS) is 21.7. The third-order valence-electron chi connectivity index (χ3n) is 5.54. The SMILES string of the molecule is CN1CC(COCc2cccnc2)CC12CN(C(=O)c1ccncc1)C2. The minimum Gasteiger partial charge on any atom is -0.376 e. The smallest absolute Gasteiger partial charge is 0.254 e. The Balaban J connectivity index is 1.27. The quantitative estimate of drug-likeness (QED) is 0.822. The molecule has 6 heteroatoms. The van der Waals surface area contributed by atoms with Crippen LogP contribution in [0.2, 0.25) is 0 Å². The molecule has 136 valence electrons. The summed E-state index contributed by atoms with van der Waals surface area (Å²) in [5.74, 6) is 0.609. The molecule has 1 unspecified atom stereocenters. The average Bonchev–Trinajstić information content (AvgIpc) is 2.98. The first-order chi connectivity index (χ1) is 12.7. The van der Waals surface area contributed by atoms with Crippen molar-refractivity contribution in [2.24, 2.45) is 5.92 Å². The molecule has 0 aliphatic carbocycles. The van der Waals surface area contributed by atoms with Gasteiger partial charge in [-0.05, 0) is 43.1 Å². The van der Waals surface area contributed by atoms with Crippen molar-refractivity contribution in [1.29, 1.82) is 0 Å². The lowest BCUT2D eigenvalue weighted by Crippen LogP contribution is -2.68. The molecule has 1 spiro atoms. The predicted molar refractivity (Wildman–Crippen MR) is 97.5 cm³/mol. The van der Waals surface area contributed by atoms with Crippen LogP contribution in [0.5, 0.6) is 0 Å². The summed E-state index contributed by atoms with van der Waals surface area (Å²) in [6, 6.07) is 7.52. The maximum atomic E-state index is 12.5. The van der Waals surface area contributed by atoms with Gasteiger partial charge >= 0.3 is 0 Å². The predicted octanol–water partition coefficient (Wildman–Crippen LogP) is 1.84. The zero-order chi connectivity index (χ0) is 18.0. The summed E-state index contributed by atoms with van der Waals surface area (Å²) in [6.45, 7) is 3.96. The molecule has 2 aromatic heterocycles. The molecule has 0 bridgehead atoms. The molecule has 1 atom stereocenters. The molecular formula is C20H24N4O2. The summed E-state index contributed by atoms with van der Waals surface area (Å²) in [7, 11) is 2.16. The second kappa shape index (κ2) is 7.13. The molecule has 2 fully saturated rings. The van der Waals surface area contributed by atoms with Crippen molar-refractivity contribution in [3.8, 4) is 0 Å². The first-order valence-corrected chi connectivity index (χ1v) is 9.03. The fraction of sp³-hybridized carbons (Fsp3) is 0.450. The lowest BCUT2D eigenvalue weighted by molar-refractivity contribution is -0.00805. The van der Waals surface area contributed by atoms with E-state index in [1.807, 2.05) is 23.2 Å². The third kappa shape index (κ3) is 3.34. The van der Waals surface area contributed by atoms with Gasteiger partial charge in [0.05, 0.1) is 18.8 Å². The Morgan fingerprint density at radius 2 is 2.04 bits per heavy atom. The maximum Gasteiger partial charge on any atom is 0.254 e. The fourth-order valence-electron chi connectivity index (χ4n) is 4.13. The average molecular weight is 352 g/mol. The second-order valence-electron chi connectivity index (χ2n) is 7.45. The van der Waals surface area contributed by atoms with Gasteiger partial charge in [-0.15, -0.1) is 0 Å². The topological polar surface area (TPSA) is 58.6 Å². The molecule has 0 aromatic carbocycles. The summed E-state index contributed by atoms with van der Waals surface area (Å²) < 4.78 is 5.90. The van der Waals surface area contributed by atoms with Gasteiger partial charge in [0.25, 0.3) is 5.91 Å². The van der Waals surface area contributed by atoms with Crippen molar-refractivity contribution >= 4 is 5.91 Å². The van der Waals surface area contributed by atoms with Crippen LogP contribution in [0.4, 0.5) is 0 Å². The molecule has 4 heterocycles. The van der Waals surface area contributed by atoms with Crippen LogP contribution in [0.25, 0.3) is 0 Å². The van der Waals surface area contributed by atoms with Crippen LogP contribution in [-0.2, 0) is 11.3 Å². The van der Waals surface area contributed by atoms with E-state index in [0.717, 1.165) is 38.2 Å². The van der Waals surface area contributed by atoms with E-state index in [0.29, 0.717) is 18.1 Å². The fourth-order valence-corrected chi connectivity index (χ4v) is 4.13. The van der Waals surface area contributed by atoms with Crippen LogP contribution in [0.3, 0.4) is 0 Å². The van der Waals surface area contributed by atoms with Gasteiger partial charge in [0.2, 0.25) is 0 Å². The summed E-state index contributed by atoms with van der Waals surface area (Å²) >= 11 is 0. The van der Waals surface area contributed by atoms with Crippen LogP contribution in [0.1, 0.15) is 22.3 Å². The summed E-state index contributed by atoms with van der Waals surface area (Å²) in [4.78, 5) is 25.0. The Labute approximate surface area is 153 Å². The number of carbonyl (C=O) groups is 1. The van der Waals surface area contributed by atoms with E-state index < -0.39 is 0 Å². The van der Waals surface area contributed by atoms with E-state index >= 15 is 0 Å². The number of likely N-dealkylation sites (tertiary alicyclic amines) is 2. The van der Waals surface area contributed by atoms with Crippen molar-refractivity contribution in [2.45, 2.75) is 18.6 Å². The largest absolute Gasteiger partial charge is 0.376 e. The molecule has 4 rings (SSSR count). The van der Waals surface area contributed by atoms with Crippen LogP contribution in [0.15, 0.2) is 49.1 Å². The number of pyridine rings is 2. The van der Waals surface area contributed by atoms with Crippen molar-refractivity contribution in [2.75, 3.05) is 33.3 Å². The molecule has 0 saturated carbocycles. The Hall–Kier alpha value is -2.31. The van der Waals surface area contributed by atoms with Crippen LogP contribution < -0.4 is 0 Å². The number of carbonyl (C=O) groups excluding carboxylic acids is 1. The number of rotatable bonds is 5. The highest BCUT2D eigenvalue weighted by Crippen LogP contribution is 2.40. The molecule has 1 amide bonds. The Bertz CT molecular complexity index is 747. The van der Waals surface area contributed by atoms with E-state index in [1.54, 1.807) is 30.7 Å². The van der Waals surface area contributed by atoms with Gasteiger partial charge in [0.1, 0.15) is 0 Å². The molecule has 0 radical (unpaired) electrons. The summed E-state index contributed by atoms with van der Waals surface area (Å²) in [5, 5.41) is 0. The van der Waals surface area contributed by atoms with Gasteiger partial charge in [0, 0.05) is 50.0 Å². The number of nitrogens with zero attached hydrogens (tertiary/aromatic N) is 4. The molecule has 2 aromatic rings. The van der Waals surface area contributed by atoms with Gasteiger partial charge in [-0.3, -0.25) is 19.7 Å². The van der Waals surface area contributed by atoms with E-state index in [4.69, 9.17) is 4.74 Å². The number of hydrogen-bond donors (Lipinski definition) is 0. The first kappa shape index (κ1) is 17.1. The summed E-state index contributed by atoms with van der Waals surface area (Å²) in [6.07, 6.45) is 8.03. The van der Waals surface area contributed by atoms with Crippen LogP contribution in [-0.4, -0.2) is 64.5 Å². The molecule has 6 nitrogen and oxygen atoms in total. The Morgan fingerprint density at radius 3 is 2.77 bits per heavy atom. The Kier molecular flexibility index (Phi) is 4.70. The zero-order valence-electron chi connectivity index (χ0n) is 15.0. The third-order valence-corrected chi connectivity index (χ3v) is 5.54. The molecule has 2 aliphatic rings. The Morgan fingerprint density at radius 1 is 1.23 bits per heavy atom. The van der Waals surface area contributed by atoms with Gasteiger partial charge in [-0.2, -0.15) is 0 Å². The standard InChI is InChI=1S/C20H24N4O2/c1-23-11-17(13-26-12-16-3-2-6-22-10-16)9-20(23)14-24(15-20)19(25)18-4-7-21-8-5-18/h2-8,10,17H,9,11-15H2,1H3.